The summed E-state index contributed by atoms with van der Waals surface area (Å²) in [6.45, 7) is 9.20. The lowest BCUT2D eigenvalue weighted by molar-refractivity contribution is 0.325. The maximum absolute atomic E-state index is 11.9. The van der Waals surface area contributed by atoms with Crippen molar-refractivity contribution in [1.82, 2.24) is 9.03 Å². The molecule has 4 nitrogen and oxygen atoms in total. The molecule has 0 bridgehead atoms. The lowest BCUT2D eigenvalue weighted by Gasteiger charge is -2.27. The average Bonchev–Trinajstić information content (AvgIpc) is 2.25. The standard InChI is InChI=1S/C11H25ClN2O2S/c1-5-14(6-2)17(15,16)13-10-11(3,4)8-7-9-12/h13H,5-10H2,1-4H3. The average molecular weight is 285 g/mol. The van der Waals surface area contributed by atoms with E-state index in [1.807, 2.05) is 27.7 Å². The van der Waals surface area contributed by atoms with Gasteiger partial charge in [0.15, 0.2) is 0 Å². The van der Waals surface area contributed by atoms with Crippen molar-refractivity contribution in [3.63, 3.8) is 0 Å². The molecule has 104 valence electrons. The summed E-state index contributed by atoms with van der Waals surface area (Å²) in [5.74, 6) is 0.617. The summed E-state index contributed by atoms with van der Waals surface area (Å²) < 4.78 is 27.9. The summed E-state index contributed by atoms with van der Waals surface area (Å²) in [7, 11) is -3.33. The Kier molecular flexibility index (Phi) is 7.63. The third-order valence-electron chi connectivity index (χ3n) is 2.77. The van der Waals surface area contributed by atoms with Crippen molar-refractivity contribution in [1.29, 1.82) is 0 Å². The van der Waals surface area contributed by atoms with E-state index in [0.717, 1.165) is 12.8 Å². The predicted octanol–water partition coefficient (Wildman–Crippen LogP) is 2.21. The molecule has 0 atom stereocenters. The Morgan fingerprint density at radius 3 is 2.18 bits per heavy atom. The van der Waals surface area contributed by atoms with E-state index < -0.39 is 10.2 Å². The molecular weight excluding hydrogens is 260 g/mol. The number of nitrogens with zero attached hydrogens (tertiary/aromatic N) is 1. The quantitative estimate of drug-likeness (QED) is 0.660. The van der Waals surface area contributed by atoms with Gasteiger partial charge in [-0.3, -0.25) is 0 Å². The zero-order valence-electron chi connectivity index (χ0n) is 11.3. The fourth-order valence-electron chi connectivity index (χ4n) is 1.58. The Morgan fingerprint density at radius 1 is 1.24 bits per heavy atom. The second-order valence-corrected chi connectivity index (χ2v) is 7.00. The van der Waals surface area contributed by atoms with Crippen LogP contribution in [-0.2, 0) is 10.2 Å². The van der Waals surface area contributed by atoms with E-state index in [2.05, 4.69) is 4.72 Å². The van der Waals surface area contributed by atoms with Gasteiger partial charge in [0, 0.05) is 25.5 Å². The largest absolute Gasteiger partial charge is 0.279 e. The van der Waals surface area contributed by atoms with Crippen LogP contribution in [0.3, 0.4) is 0 Å². The van der Waals surface area contributed by atoms with Gasteiger partial charge in [0.2, 0.25) is 0 Å². The SMILES string of the molecule is CCN(CC)S(=O)(=O)NCC(C)(C)CCCCl. The maximum Gasteiger partial charge on any atom is 0.279 e. The van der Waals surface area contributed by atoms with Crippen molar-refractivity contribution >= 4 is 21.8 Å². The second kappa shape index (κ2) is 7.56. The smallest absolute Gasteiger partial charge is 0.202 e. The van der Waals surface area contributed by atoms with Crippen LogP contribution in [-0.4, -0.2) is 38.2 Å². The van der Waals surface area contributed by atoms with E-state index in [-0.39, 0.29) is 5.41 Å². The van der Waals surface area contributed by atoms with Crippen LogP contribution in [0.2, 0.25) is 0 Å². The Bertz CT molecular complexity index is 301. The third kappa shape index (κ3) is 6.60. The summed E-state index contributed by atoms with van der Waals surface area (Å²) in [6, 6.07) is 0. The van der Waals surface area contributed by atoms with Crippen LogP contribution in [0.25, 0.3) is 0 Å². The summed E-state index contributed by atoms with van der Waals surface area (Å²) in [6.07, 6.45) is 1.82. The molecule has 0 saturated carbocycles. The van der Waals surface area contributed by atoms with Crippen molar-refractivity contribution < 1.29 is 8.42 Å². The van der Waals surface area contributed by atoms with Gasteiger partial charge < -0.3 is 0 Å². The fourth-order valence-corrected chi connectivity index (χ4v) is 3.14. The Labute approximate surface area is 111 Å². The summed E-state index contributed by atoms with van der Waals surface area (Å²) >= 11 is 5.65. The minimum atomic E-state index is -3.33. The topological polar surface area (TPSA) is 49.4 Å². The summed E-state index contributed by atoms with van der Waals surface area (Å²) in [5.41, 5.74) is -0.0604. The van der Waals surface area contributed by atoms with Crippen LogP contribution < -0.4 is 4.72 Å². The maximum atomic E-state index is 11.9. The van der Waals surface area contributed by atoms with Gasteiger partial charge >= 0.3 is 0 Å². The molecule has 0 aromatic carbocycles. The van der Waals surface area contributed by atoms with E-state index in [1.165, 1.54) is 4.31 Å². The molecule has 0 aliphatic heterocycles. The highest BCUT2D eigenvalue weighted by Gasteiger charge is 2.23. The Morgan fingerprint density at radius 2 is 1.76 bits per heavy atom. The molecule has 0 amide bonds. The number of nitrogens with one attached hydrogen (secondary N) is 1. The van der Waals surface area contributed by atoms with Crippen LogP contribution >= 0.6 is 11.6 Å². The molecule has 0 unspecified atom stereocenters. The molecule has 0 aromatic heterocycles. The summed E-state index contributed by atoms with van der Waals surface area (Å²) in [4.78, 5) is 0. The molecule has 0 saturated heterocycles. The minimum absolute atomic E-state index is 0.0604. The van der Waals surface area contributed by atoms with Crippen LogP contribution in [0.1, 0.15) is 40.5 Å². The molecule has 0 aliphatic rings. The third-order valence-corrected chi connectivity index (χ3v) is 4.74. The number of halogens is 1. The predicted molar refractivity (Wildman–Crippen MR) is 73.6 cm³/mol. The molecule has 0 aliphatic carbocycles. The first kappa shape index (κ1) is 17.2. The molecule has 0 spiro atoms. The van der Waals surface area contributed by atoms with Gasteiger partial charge in [0.1, 0.15) is 0 Å². The van der Waals surface area contributed by atoms with Crippen molar-refractivity contribution in [3.8, 4) is 0 Å². The van der Waals surface area contributed by atoms with E-state index >= 15 is 0 Å². The highest BCUT2D eigenvalue weighted by Crippen LogP contribution is 2.21. The second-order valence-electron chi connectivity index (χ2n) is 4.87. The van der Waals surface area contributed by atoms with Gasteiger partial charge in [-0.25, -0.2) is 4.72 Å². The van der Waals surface area contributed by atoms with E-state index in [1.54, 1.807) is 0 Å². The molecular formula is C11H25ClN2O2S. The van der Waals surface area contributed by atoms with Crippen molar-refractivity contribution in [3.05, 3.63) is 0 Å². The summed E-state index contributed by atoms with van der Waals surface area (Å²) in [5, 5.41) is 0. The fraction of sp³-hybridized carbons (Fsp3) is 1.00. The molecule has 0 aromatic rings. The molecule has 17 heavy (non-hydrogen) atoms. The minimum Gasteiger partial charge on any atom is -0.202 e. The zero-order chi connectivity index (χ0) is 13.5. The number of hydrogen-bond donors (Lipinski definition) is 1. The number of hydrogen-bond acceptors (Lipinski definition) is 2. The Hall–Kier alpha value is 0.160. The van der Waals surface area contributed by atoms with Gasteiger partial charge in [-0.15, -0.1) is 11.6 Å². The molecule has 0 heterocycles. The molecule has 0 radical (unpaired) electrons. The number of alkyl halides is 1. The zero-order valence-corrected chi connectivity index (χ0v) is 12.9. The normalized spacial score (nSPS) is 13.3. The van der Waals surface area contributed by atoms with Gasteiger partial charge in [0.25, 0.3) is 10.2 Å². The van der Waals surface area contributed by atoms with Crippen LogP contribution in [0.5, 0.6) is 0 Å². The van der Waals surface area contributed by atoms with Crippen molar-refractivity contribution in [2.45, 2.75) is 40.5 Å². The molecule has 0 fully saturated rings. The van der Waals surface area contributed by atoms with E-state index in [9.17, 15) is 8.42 Å². The van der Waals surface area contributed by atoms with Gasteiger partial charge in [-0.2, -0.15) is 12.7 Å². The first-order valence-electron chi connectivity index (χ1n) is 6.09. The molecule has 0 rings (SSSR count). The van der Waals surface area contributed by atoms with Gasteiger partial charge in [-0.1, -0.05) is 27.7 Å². The van der Waals surface area contributed by atoms with E-state index in [0.29, 0.717) is 25.5 Å². The highest BCUT2D eigenvalue weighted by atomic mass is 35.5. The van der Waals surface area contributed by atoms with Crippen molar-refractivity contribution in [2.75, 3.05) is 25.5 Å². The first-order valence-corrected chi connectivity index (χ1v) is 8.07. The van der Waals surface area contributed by atoms with Crippen LogP contribution in [0.15, 0.2) is 0 Å². The Balaban J connectivity index is 4.35. The van der Waals surface area contributed by atoms with Crippen LogP contribution in [0, 0.1) is 5.41 Å². The van der Waals surface area contributed by atoms with Gasteiger partial charge in [0.05, 0.1) is 0 Å². The van der Waals surface area contributed by atoms with Crippen LogP contribution in [0.4, 0.5) is 0 Å². The van der Waals surface area contributed by atoms with Gasteiger partial charge in [-0.05, 0) is 18.3 Å². The van der Waals surface area contributed by atoms with E-state index in [4.69, 9.17) is 11.6 Å². The highest BCUT2D eigenvalue weighted by molar-refractivity contribution is 7.87. The monoisotopic (exact) mass is 284 g/mol. The lowest BCUT2D eigenvalue weighted by atomic mass is 9.88. The molecule has 1 N–H and O–H groups in total. The lowest BCUT2D eigenvalue weighted by Crippen LogP contribution is -2.44. The molecule has 6 heteroatoms. The first-order chi connectivity index (χ1) is 7.79. The number of rotatable bonds is 9. The van der Waals surface area contributed by atoms with Crippen molar-refractivity contribution in [2.24, 2.45) is 5.41 Å².